The fourth-order valence-corrected chi connectivity index (χ4v) is 4.22. The summed E-state index contributed by atoms with van der Waals surface area (Å²) in [7, 11) is -3.75. The average Bonchev–Trinajstić information content (AvgIpc) is 3.23. The van der Waals surface area contributed by atoms with Gasteiger partial charge in [0, 0.05) is 11.6 Å². The van der Waals surface area contributed by atoms with Crippen LogP contribution in [0.1, 0.15) is 23.8 Å². The quantitative estimate of drug-likeness (QED) is 0.628. The Morgan fingerprint density at radius 2 is 1.83 bits per heavy atom. The number of nitrogens with zero attached hydrogens (tertiary/aromatic N) is 2. The van der Waals surface area contributed by atoms with Crippen molar-refractivity contribution in [3.05, 3.63) is 65.8 Å². The average molecular weight is 427 g/mol. The first-order chi connectivity index (χ1) is 13.6. The van der Waals surface area contributed by atoms with Crippen LogP contribution < -0.4 is 4.72 Å². The van der Waals surface area contributed by atoms with E-state index in [0.717, 1.165) is 0 Å². The van der Waals surface area contributed by atoms with Crippen LogP contribution >= 0.6 is 0 Å². The Balaban J connectivity index is 1.54. The SMILES string of the molecule is O=S(=O)(N[C@@H]1C[C@H]1c1nc(-c2cc(F)ccc2C(F)(F)F)no1)c1ccccc1. The van der Waals surface area contributed by atoms with E-state index in [-0.39, 0.29) is 10.8 Å². The minimum atomic E-state index is -4.72. The van der Waals surface area contributed by atoms with Crippen LogP contribution in [-0.4, -0.2) is 24.6 Å². The molecule has 1 aliphatic rings. The molecule has 29 heavy (non-hydrogen) atoms. The Kier molecular flexibility index (Phi) is 4.66. The number of alkyl halides is 3. The normalized spacial score (nSPS) is 19.3. The Morgan fingerprint density at radius 3 is 2.52 bits per heavy atom. The van der Waals surface area contributed by atoms with Gasteiger partial charge in [0.1, 0.15) is 5.82 Å². The van der Waals surface area contributed by atoms with Gasteiger partial charge in [0.05, 0.1) is 16.4 Å². The lowest BCUT2D eigenvalue weighted by atomic mass is 10.1. The highest BCUT2D eigenvalue weighted by atomic mass is 32.2. The molecule has 4 rings (SSSR count). The molecule has 0 amide bonds. The summed E-state index contributed by atoms with van der Waals surface area (Å²) < 4.78 is 85.2. The van der Waals surface area contributed by atoms with E-state index in [9.17, 15) is 26.0 Å². The third kappa shape index (κ3) is 4.01. The van der Waals surface area contributed by atoms with Gasteiger partial charge >= 0.3 is 6.18 Å². The Morgan fingerprint density at radius 1 is 1.10 bits per heavy atom. The largest absolute Gasteiger partial charge is 0.417 e. The summed E-state index contributed by atoms with van der Waals surface area (Å²) in [5.41, 5.74) is -1.64. The maximum Gasteiger partial charge on any atom is 0.417 e. The van der Waals surface area contributed by atoms with Crippen molar-refractivity contribution in [1.29, 1.82) is 0 Å². The van der Waals surface area contributed by atoms with Gasteiger partial charge in [-0.05, 0) is 36.8 Å². The Bertz CT molecular complexity index is 1150. The fourth-order valence-electron chi connectivity index (χ4n) is 2.91. The van der Waals surface area contributed by atoms with E-state index in [1.165, 1.54) is 12.1 Å². The molecule has 0 bridgehead atoms. The summed E-state index contributed by atoms with van der Waals surface area (Å²) in [5.74, 6) is -1.78. The van der Waals surface area contributed by atoms with E-state index in [4.69, 9.17) is 4.52 Å². The molecule has 1 saturated carbocycles. The smallest absolute Gasteiger partial charge is 0.339 e. The number of aromatic nitrogens is 2. The molecule has 1 N–H and O–H groups in total. The first-order valence-corrected chi connectivity index (χ1v) is 9.91. The lowest BCUT2D eigenvalue weighted by molar-refractivity contribution is -0.137. The zero-order chi connectivity index (χ0) is 20.8. The molecule has 3 aromatic rings. The number of rotatable bonds is 5. The molecule has 1 fully saturated rings. The molecule has 11 heteroatoms. The van der Waals surface area contributed by atoms with Crippen LogP contribution in [0.4, 0.5) is 17.6 Å². The van der Waals surface area contributed by atoms with Crippen molar-refractivity contribution in [2.75, 3.05) is 0 Å². The van der Waals surface area contributed by atoms with Crippen LogP contribution in [0, 0.1) is 5.82 Å². The van der Waals surface area contributed by atoms with Crippen LogP contribution in [0.2, 0.25) is 0 Å². The highest BCUT2D eigenvalue weighted by Crippen LogP contribution is 2.42. The topological polar surface area (TPSA) is 85.1 Å². The molecule has 2 atom stereocenters. The van der Waals surface area contributed by atoms with Crippen LogP contribution in [0.3, 0.4) is 0 Å². The predicted octanol–water partition coefficient (Wildman–Crippen LogP) is 3.73. The number of hydrogen-bond donors (Lipinski definition) is 1. The van der Waals surface area contributed by atoms with Gasteiger partial charge in [-0.25, -0.2) is 17.5 Å². The fraction of sp³-hybridized carbons (Fsp3) is 0.222. The van der Waals surface area contributed by atoms with Crippen LogP contribution in [-0.2, 0) is 16.2 Å². The third-order valence-electron chi connectivity index (χ3n) is 4.44. The maximum absolute atomic E-state index is 13.5. The highest BCUT2D eigenvalue weighted by Gasteiger charge is 2.45. The van der Waals surface area contributed by atoms with Gasteiger partial charge in [-0.1, -0.05) is 23.4 Å². The molecular weight excluding hydrogens is 414 g/mol. The van der Waals surface area contributed by atoms with Gasteiger partial charge in [-0.15, -0.1) is 0 Å². The summed E-state index contributed by atoms with van der Waals surface area (Å²) in [4.78, 5) is 4.02. The van der Waals surface area contributed by atoms with Crippen molar-refractivity contribution in [3.8, 4) is 11.4 Å². The van der Waals surface area contributed by atoms with E-state index in [2.05, 4.69) is 14.9 Å². The summed E-state index contributed by atoms with van der Waals surface area (Å²) in [6, 6.07) is 9.18. The minimum Gasteiger partial charge on any atom is -0.339 e. The summed E-state index contributed by atoms with van der Waals surface area (Å²) >= 11 is 0. The van der Waals surface area contributed by atoms with Crippen molar-refractivity contribution < 1.29 is 30.5 Å². The minimum absolute atomic E-state index is 0.0156. The standard InChI is InChI=1S/C18H13F4N3O3S/c19-10-6-7-14(18(20,21)22)12(8-10)16-23-17(28-24-16)13-9-15(13)25-29(26,27)11-4-2-1-3-5-11/h1-8,13,15,25H,9H2/t13-,15-/m1/s1. The molecule has 2 aromatic carbocycles. The zero-order valence-electron chi connectivity index (χ0n) is 14.5. The van der Waals surface area contributed by atoms with Gasteiger partial charge in [0.2, 0.25) is 21.7 Å². The first-order valence-electron chi connectivity index (χ1n) is 8.43. The molecular formula is C18H13F4N3O3S. The van der Waals surface area contributed by atoms with Crippen molar-refractivity contribution in [1.82, 2.24) is 14.9 Å². The van der Waals surface area contributed by atoms with Crippen molar-refractivity contribution in [2.24, 2.45) is 0 Å². The molecule has 152 valence electrons. The van der Waals surface area contributed by atoms with Crippen molar-refractivity contribution in [2.45, 2.75) is 29.5 Å². The van der Waals surface area contributed by atoms with Gasteiger partial charge < -0.3 is 4.52 Å². The summed E-state index contributed by atoms with van der Waals surface area (Å²) in [6.45, 7) is 0. The second kappa shape index (κ2) is 6.92. The van der Waals surface area contributed by atoms with E-state index < -0.39 is 50.9 Å². The number of benzene rings is 2. The van der Waals surface area contributed by atoms with Crippen LogP contribution in [0.5, 0.6) is 0 Å². The monoisotopic (exact) mass is 427 g/mol. The van der Waals surface area contributed by atoms with Crippen molar-refractivity contribution in [3.63, 3.8) is 0 Å². The summed E-state index contributed by atoms with van der Waals surface area (Å²) in [6.07, 6.45) is -4.37. The summed E-state index contributed by atoms with van der Waals surface area (Å²) in [5, 5.41) is 3.52. The molecule has 0 aliphatic heterocycles. The van der Waals surface area contributed by atoms with E-state index in [1.54, 1.807) is 18.2 Å². The van der Waals surface area contributed by atoms with E-state index in [1.807, 2.05) is 0 Å². The second-order valence-corrected chi connectivity index (χ2v) is 8.24. The molecule has 0 saturated heterocycles. The molecule has 0 spiro atoms. The molecule has 0 unspecified atom stereocenters. The lowest BCUT2D eigenvalue weighted by Gasteiger charge is -2.10. The molecule has 6 nitrogen and oxygen atoms in total. The third-order valence-corrected chi connectivity index (χ3v) is 5.94. The number of sulfonamides is 1. The molecule has 0 radical (unpaired) electrons. The van der Waals surface area contributed by atoms with Gasteiger partial charge in [-0.3, -0.25) is 0 Å². The van der Waals surface area contributed by atoms with Crippen LogP contribution in [0.15, 0.2) is 57.9 Å². The zero-order valence-corrected chi connectivity index (χ0v) is 15.3. The van der Waals surface area contributed by atoms with Gasteiger partial charge in [0.25, 0.3) is 0 Å². The molecule has 1 aliphatic carbocycles. The Hall–Kier alpha value is -2.79. The van der Waals surface area contributed by atoms with Gasteiger partial charge in [-0.2, -0.15) is 18.2 Å². The van der Waals surface area contributed by atoms with E-state index >= 15 is 0 Å². The first kappa shape index (κ1) is 19.5. The van der Waals surface area contributed by atoms with Crippen LogP contribution in [0.25, 0.3) is 11.4 Å². The number of nitrogens with one attached hydrogen (secondary N) is 1. The number of halogens is 4. The van der Waals surface area contributed by atoms with Crippen molar-refractivity contribution >= 4 is 10.0 Å². The maximum atomic E-state index is 13.5. The predicted molar refractivity (Wildman–Crippen MR) is 92.6 cm³/mol. The number of hydrogen-bond acceptors (Lipinski definition) is 5. The lowest BCUT2D eigenvalue weighted by Crippen LogP contribution is -2.26. The Labute approximate surface area is 162 Å². The van der Waals surface area contributed by atoms with Gasteiger partial charge in [0.15, 0.2) is 0 Å². The molecule has 1 heterocycles. The molecule has 1 aromatic heterocycles. The van der Waals surface area contributed by atoms with E-state index in [0.29, 0.717) is 24.6 Å². The highest BCUT2D eigenvalue weighted by molar-refractivity contribution is 7.89. The second-order valence-electron chi connectivity index (χ2n) is 6.53.